The van der Waals surface area contributed by atoms with Gasteiger partial charge in [-0.05, 0) is 38.3 Å². The van der Waals surface area contributed by atoms with Gasteiger partial charge in [-0.2, -0.15) is 0 Å². The Hall–Kier alpha value is -0.570. The molecule has 3 heteroatoms. The van der Waals surface area contributed by atoms with Crippen molar-refractivity contribution in [3.63, 3.8) is 0 Å². The fraction of sp³-hybridized carbons (Fsp3) is 0.583. The molecule has 1 fully saturated rings. The summed E-state index contributed by atoms with van der Waals surface area (Å²) in [6, 6.07) is 4.95. The molecule has 0 saturated carbocycles. The molecule has 1 saturated heterocycles. The van der Waals surface area contributed by atoms with Gasteiger partial charge >= 0.3 is 0 Å². The molecule has 0 radical (unpaired) electrons. The van der Waals surface area contributed by atoms with Crippen LogP contribution in [0, 0.1) is 6.92 Å². The van der Waals surface area contributed by atoms with E-state index in [-0.39, 0.29) is 0 Å². The van der Waals surface area contributed by atoms with Gasteiger partial charge in [0, 0.05) is 35.5 Å². The highest BCUT2D eigenvalue weighted by Gasteiger charge is 2.21. The molecule has 0 amide bonds. The molecular weight excluding hydrogens is 252 g/mol. The number of anilines is 1. The molecule has 0 aromatic carbocycles. The molecule has 1 aromatic rings. The van der Waals surface area contributed by atoms with Crippen LogP contribution in [0.1, 0.15) is 25.0 Å². The second-order valence-electron chi connectivity index (χ2n) is 4.15. The van der Waals surface area contributed by atoms with Gasteiger partial charge in [0.15, 0.2) is 0 Å². The van der Waals surface area contributed by atoms with Gasteiger partial charge in [-0.15, -0.1) is 0 Å². The maximum absolute atomic E-state index is 4.25. The number of halogens is 1. The van der Waals surface area contributed by atoms with Crippen molar-refractivity contribution >= 4 is 21.6 Å². The van der Waals surface area contributed by atoms with Crippen molar-refractivity contribution in [2.45, 2.75) is 32.2 Å². The summed E-state index contributed by atoms with van der Waals surface area (Å²) in [5.41, 5.74) is 2.43. The van der Waals surface area contributed by atoms with Crippen molar-refractivity contribution in [3.8, 4) is 0 Å². The number of hydrogen-bond acceptors (Lipinski definition) is 2. The molecule has 2 heterocycles. The van der Waals surface area contributed by atoms with Gasteiger partial charge in [-0.3, -0.25) is 4.98 Å². The first-order valence-corrected chi connectivity index (χ1v) is 6.68. The van der Waals surface area contributed by atoms with Gasteiger partial charge in [-0.25, -0.2) is 0 Å². The molecule has 1 aromatic heterocycles. The van der Waals surface area contributed by atoms with E-state index in [0.717, 1.165) is 11.0 Å². The van der Waals surface area contributed by atoms with Crippen molar-refractivity contribution in [2.24, 2.45) is 0 Å². The Labute approximate surface area is 99.8 Å². The zero-order chi connectivity index (χ0) is 10.7. The number of hydrogen-bond donors (Lipinski definition) is 0. The molecule has 1 atom stereocenters. The summed E-state index contributed by atoms with van der Waals surface area (Å²) in [6.45, 7) is 3.23. The smallest absolute Gasteiger partial charge is 0.0402 e. The zero-order valence-electron chi connectivity index (χ0n) is 9.12. The Kier molecular flexibility index (Phi) is 3.62. The van der Waals surface area contributed by atoms with Crippen LogP contribution in [0.3, 0.4) is 0 Å². The Bertz CT molecular complexity index is 327. The van der Waals surface area contributed by atoms with Crippen molar-refractivity contribution < 1.29 is 0 Å². The van der Waals surface area contributed by atoms with E-state index in [9.17, 15) is 0 Å². The summed E-state index contributed by atoms with van der Waals surface area (Å²) < 4.78 is 0. The molecule has 0 N–H and O–H groups in total. The normalized spacial score (nSPS) is 21.7. The zero-order valence-corrected chi connectivity index (χ0v) is 10.7. The average molecular weight is 269 g/mol. The molecule has 1 unspecified atom stereocenters. The number of rotatable bonds is 2. The lowest BCUT2D eigenvalue weighted by Gasteiger charge is -2.36. The molecule has 0 aliphatic carbocycles. The van der Waals surface area contributed by atoms with Crippen molar-refractivity contribution in [2.75, 3.05) is 16.8 Å². The second kappa shape index (κ2) is 4.97. The van der Waals surface area contributed by atoms with Gasteiger partial charge in [0.25, 0.3) is 0 Å². The lowest BCUT2D eigenvalue weighted by Crippen LogP contribution is -2.40. The maximum Gasteiger partial charge on any atom is 0.0402 e. The number of alkyl halides is 1. The van der Waals surface area contributed by atoms with Gasteiger partial charge in [-0.1, -0.05) is 15.9 Å². The number of piperidine rings is 1. The number of aromatic nitrogens is 1. The van der Waals surface area contributed by atoms with Crippen LogP contribution in [0.2, 0.25) is 0 Å². The number of aryl methyl sites for hydroxylation is 1. The summed E-state index contributed by atoms with van der Waals surface area (Å²) in [7, 11) is 0. The van der Waals surface area contributed by atoms with Gasteiger partial charge in [0.2, 0.25) is 0 Å². The standard InChI is InChI=1S/C12H17BrN2/c1-10-8-11(5-6-14-10)15-7-3-2-4-12(15)9-13/h5-6,8,12H,2-4,7,9H2,1H3. The third-order valence-corrected chi connectivity index (χ3v) is 3.76. The first-order valence-electron chi connectivity index (χ1n) is 5.56. The Morgan fingerprint density at radius 3 is 3.13 bits per heavy atom. The predicted molar refractivity (Wildman–Crippen MR) is 67.8 cm³/mol. The van der Waals surface area contributed by atoms with Crippen LogP contribution >= 0.6 is 15.9 Å². The van der Waals surface area contributed by atoms with E-state index in [1.165, 1.54) is 31.5 Å². The highest BCUT2D eigenvalue weighted by atomic mass is 79.9. The predicted octanol–water partition coefficient (Wildman–Crippen LogP) is 3.14. The molecular formula is C12H17BrN2. The highest BCUT2D eigenvalue weighted by Crippen LogP contribution is 2.25. The summed E-state index contributed by atoms with van der Waals surface area (Å²) in [5, 5.41) is 1.06. The van der Waals surface area contributed by atoms with E-state index in [2.05, 4.69) is 44.9 Å². The minimum atomic E-state index is 0.653. The number of pyridine rings is 1. The Morgan fingerprint density at radius 2 is 2.40 bits per heavy atom. The van der Waals surface area contributed by atoms with E-state index < -0.39 is 0 Å². The maximum atomic E-state index is 4.25. The van der Waals surface area contributed by atoms with Crippen molar-refractivity contribution in [1.29, 1.82) is 0 Å². The number of nitrogens with zero attached hydrogens (tertiary/aromatic N) is 2. The quantitative estimate of drug-likeness (QED) is 0.767. The highest BCUT2D eigenvalue weighted by molar-refractivity contribution is 9.09. The minimum Gasteiger partial charge on any atom is -0.368 e. The lowest BCUT2D eigenvalue weighted by atomic mass is 10.0. The van der Waals surface area contributed by atoms with Crippen LogP contribution in [0.25, 0.3) is 0 Å². The first kappa shape index (κ1) is 10.9. The lowest BCUT2D eigenvalue weighted by molar-refractivity contribution is 0.491. The third-order valence-electron chi connectivity index (χ3n) is 3.02. The molecule has 82 valence electrons. The summed E-state index contributed by atoms with van der Waals surface area (Å²) in [5.74, 6) is 0. The molecule has 1 aliphatic rings. The molecule has 2 rings (SSSR count). The van der Waals surface area contributed by atoms with E-state index in [4.69, 9.17) is 0 Å². The molecule has 15 heavy (non-hydrogen) atoms. The van der Waals surface area contributed by atoms with Crippen LogP contribution in [0.5, 0.6) is 0 Å². The molecule has 2 nitrogen and oxygen atoms in total. The first-order chi connectivity index (χ1) is 7.31. The molecule has 0 bridgehead atoms. The van der Waals surface area contributed by atoms with Crippen LogP contribution in [0.4, 0.5) is 5.69 Å². The van der Waals surface area contributed by atoms with Crippen molar-refractivity contribution in [1.82, 2.24) is 4.98 Å². The van der Waals surface area contributed by atoms with E-state index in [0.29, 0.717) is 6.04 Å². The van der Waals surface area contributed by atoms with Crippen LogP contribution in [0.15, 0.2) is 18.3 Å². The third kappa shape index (κ3) is 2.51. The van der Waals surface area contributed by atoms with Crippen LogP contribution in [-0.4, -0.2) is 22.9 Å². The summed E-state index contributed by atoms with van der Waals surface area (Å²) >= 11 is 3.61. The van der Waals surface area contributed by atoms with Gasteiger partial charge in [0.1, 0.15) is 0 Å². The summed E-state index contributed by atoms with van der Waals surface area (Å²) in [4.78, 5) is 6.75. The van der Waals surface area contributed by atoms with E-state index in [1.807, 2.05) is 6.20 Å². The van der Waals surface area contributed by atoms with Gasteiger partial charge in [0.05, 0.1) is 0 Å². The largest absolute Gasteiger partial charge is 0.368 e. The Balaban J connectivity index is 2.20. The van der Waals surface area contributed by atoms with Crippen LogP contribution < -0.4 is 4.90 Å². The fourth-order valence-corrected chi connectivity index (χ4v) is 2.88. The fourth-order valence-electron chi connectivity index (χ4n) is 2.21. The SMILES string of the molecule is Cc1cc(N2CCCCC2CBr)ccn1. The topological polar surface area (TPSA) is 16.1 Å². The van der Waals surface area contributed by atoms with Gasteiger partial charge < -0.3 is 4.90 Å². The molecule has 0 spiro atoms. The molecule has 1 aliphatic heterocycles. The average Bonchev–Trinajstić information content (AvgIpc) is 2.29. The van der Waals surface area contributed by atoms with E-state index >= 15 is 0 Å². The van der Waals surface area contributed by atoms with Crippen molar-refractivity contribution in [3.05, 3.63) is 24.0 Å². The Morgan fingerprint density at radius 1 is 1.53 bits per heavy atom. The second-order valence-corrected chi connectivity index (χ2v) is 4.80. The van der Waals surface area contributed by atoms with E-state index in [1.54, 1.807) is 0 Å². The van der Waals surface area contributed by atoms with Crippen LogP contribution in [-0.2, 0) is 0 Å². The monoisotopic (exact) mass is 268 g/mol. The minimum absolute atomic E-state index is 0.653. The summed E-state index contributed by atoms with van der Waals surface area (Å²) in [6.07, 6.45) is 5.87.